The minimum Gasteiger partial charge on any atom is -0.309 e. The molecule has 0 saturated heterocycles. The third-order valence-corrected chi connectivity index (χ3v) is 15.2. The SMILES string of the molecule is CC1(C)c2ccc(-c3ccccc3)cc2-c2cc(-c3ccc(-n4c5ccccc5c5ccc6c(c54)P(=O)(c4ccccc4)c4ccccc4-6)cc3)ccc21. The first kappa shape index (κ1) is 31.3. The van der Waals surface area contributed by atoms with E-state index in [0.717, 1.165) is 54.5 Å². The van der Waals surface area contributed by atoms with Crippen LogP contribution in [0.15, 0.2) is 182 Å². The van der Waals surface area contributed by atoms with Gasteiger partial charge in [0.05, 0.1) is 16.3 Å². The molecule has 0 radical (unpaired) electrons. The quantitative estimate of drug-likeness (QED) is 0.167. The third-order valence-electron chi connectivity index (χ3n) is 12.0. The van der Waals surface area contributed by atoms with Crippen molar-refractivity contribution in [2.24, 2.45) is 0 Å². The molecule has 3 heteroatoms. The topological polar surface area (TPSA) is 22.0 Å². The van der Waals surface area contributed by atoms with Crippen molar-refractivity contribution in [1.29, 1.82) is 0 Å². The molecule has 1 unspecified atom stereocenters. The van der Waals surface area contributed by atoms with Crippen molar-refractivity contribution < 1.29 is 4.57 Å². The van der Waals surface area contributed by atoms with Crippen LogP contribution in [0.3, 0.4) is 0 Å². The lowest BCUT2D eigenvalue weighted by Gasteiger charge is -2.21. The average Bonchev–Trinajstić information content (AvgIpc) is 3.79. The van der Waals surface area contributed by atoms with E-state index in [1.165, 1.54) is 44.5 Å². The summed E-state index contributed by atoms with van der Waals surface area (Å²) >= 11 is 0. The lowest BCUT2D eigenvalue weighted by Crippen LogP contribution is -2.22. The lowest BCUT2D eigenvalue weighted by molar-refractivity contribution is 0.593. The van der Waals surface area contributed by atoms with Crippen LogP contribution in [0.2, 0.25) is 0 Å². The summed E-state index contributed by atoms with van der Waals surface area (Å²) in [6, 6.07) is 64.9. The van der Waals surface area contributed by atoms with Crippen LogP contribution in [0.5, 0.6) is 0 Å². The summed E-state index contributed by atoms with van der Waals surface area (Å²) in [7, 11) is -3.20. The number of nitrogens with zero attached hydrogens (tertiary/aromatic N) is 1. The van der Waals surface area contributed by atoms with Crippen LogP contribution in [0.25, 0.3) is 72.0 Å². The van der Waals surface area contributed by atoms with E-state index < -0.39 is 7.14 Å². The first-order valence-electron chi connectivity index (χ1n) is 18.7. The van der Waals surface area contributed by atoms with Crippen LogP contribution in [-0.4, -0.2) is 4.57 Å². The van der Waals surface area contributed by atoms with Gasteiger partial charge in [-0.25, -0.2) is 0 Å². The molecule has 1 aliphatic heterocycles. The molecular formula is C51H36NOP. The minimum absolute atomic E-state index is 0.0715. The summed E-state index contributed by atoms with van der Waals surface area (Å²) in [6.07, 6.45) is 0. The zero-order chi connectivity index (χ0) is 36.2. The maximum Gasteiger partial charge on any atom is 0.174 e. The summed E-state index contributed by atoms with van der Waals surface area (Å²) < 4.78 is 18.2. The summed E-state index contributed by atoms with van der Waals surface area (Å²) in [6.45, 7) is 4.68. The zero-order valence-corrected chi connectivity index (χ0v) is 31.0. The van der Waals surface area contributed by atoms with E-state index >= 15 is 4.57 Å². The van der Waals surface area contributed by atoms with Crippen molar-refractivity contribution in [1.82, 2.24) is 4.57 Å². The highest BCUT2D eigenvalue weighted by atomic mass is 31.2. The van der Waals surface area contributed by atoms with E-state index in [4.69, 9.17) is 0 Å². The number of rotatable bonds is 4. The smallest absolute Gasteiger partial charge is 0.174 e. The molecule has 8 aromatic carbocycles. The minimum atomic E-state index is -3.20. The van der Waals surface area contributed by atoms with Crippen LogP contribution in [-0.2, 0) is 9.98 Å². The van der Waals surface area contributed by atoms with Crippen LogP contribution in [0, 0.1) is 0 Å². The highest BCUT2D eigenvalue weighted by Crippen LogP contribution is 2.55. The van der Waals surface area contributed by atoms with Gasteiger partial charge in [0.1, 0.15) is 0 Å². The Morgan fingerprint density at radius 3 is 1.74 bits per heavy atom. The molecule has 54 heavy (non-hydrogen) atoms. The molecule has 0 saturated carbocycles. The van der Waals surface area contributed by atoms with Crippen molar-refractivity contribution in [2.45, 2.75) is 19.3 Å². The van der Waals surface area contributed by atoms with Crippen LogP contribution < -0.4 is 15.9 Å². The number of hydrogen-bond acceptors (Lipinski definition) is 1. The molecule has 0 spiro atoms. The van der Waals surface area contributed by atoms with Gasteiger partial charge in [0.25, 0.3) is 0 Å². The highest BCUT2D eigenvalue weighted by molar-refractivity contribution is 7.86. The van der Waals surface area contributed by atoms with Gasteiger partial charge in [0.15, 0.2) is 7.14 Å². The fourth-order valence-corrected chi connectivity index (χ4v) is 12.7. The Labute approximate surface area is 315 Å². The molecule has 2 heterocycles. The van der Waals surface area contributed by atoms with Gasteiger partial charge in [-0.2, -0.15) is 0 Å². The first-order chi connectivity index (χ1) is 26.4. The summed E-state index contributed by atoms with van der Waals surface area (Å²) in [5.41, 5.74) is 15.4. The second-order valence-electron chi connectivity index (χ2n) is 15.2. The van der Waals surface area contributed by atoms with Crippen LogP contribution in [0.4, 0.5) is 0 Å². The Bertz CT molecular complexity index is 3030. The maximum atomic E-state index is 15.9. The Morgan fingerprint density at radius 2 is 1.04 bits per heavy atom. The maximum absolute atomic E-state index is 15.9. The van der Waals surface area contributed by atoms with Gasteiger partial charge in [-0.15, -0.1) is 0 Å². The summed E-state index contributed by atoms with van der Waals surface area (Å²) in [4.78, 5) is 0. The van der Waals surface area contributed by atoms with Crippen molar-refractivity contribution in [2.75, 3.05) is 0 Å². The van der Waals surface area contributed by atoms with E-state index in [-0.39, 0.29) is 5.41 Å². The molecule has 11 rings (SSSR count). The average molecular weight is 710 g/mol. The normalized spacial score (nSPS) is 16.3. The summed E-state index contributed by atoms with van der Waals surface area (Å²) in [5, 5.41) is 5.00. The van der Waals surface area contributed by atoms with E-state index in [0.29, 0.717) is 0 Å². The molecule has 1 atom stereocenters. The molecule has 9 aromatic rings. The molecule has 0 bridgehead atoms. The molecule has 2 aliphatic rings. The Kier molecular flexibility index (Phi) is 6.61. The molecule has 0 N–H and O–H groups in total. The van der Waals surface area contributed by atoms with Gasteiger partial charge in [-0.05, 0) is 86.0 Å². The number of hydrogen-bond donors (Lipinski definition) is 0. The molecule has 1 aromatic heterocycles. The van der Waals surface area contributed by atoms with Crippen LogP contribution >= 0.6 is 7.14 Å². The predicted molar refractivity (Wildman–Crippen MR) is 228 cm³/mol. The van der Waals surface area contributed by atoms with E-state index in [9.17, 15) is 0 Å². The van der Waals surface area contributed by atoms with Crippen molar-refractivity contribution >= 4 is 44.9 Å². The molecule has 256 valence electrons. The lowest BCUT2D eigenvalue weighted by atomic mass is 9.82. The highest BCUT2D eigenvalue weighted by Gasteiger charge is 2.43. The van der Waals surface area contributed by atoms with Gasteiger partial charge in [-0.3, -0.25) is 0 Å². The van der Waals surface area contributed by atoms with Gasteiger partial charge < -0.3 is 9.13 Å². The Morgan fingerprint density at radius 1 is 0.463 bits per heavy atom. The third kappa shape index (κ3) is 4.26. The molecule has 0 fully saturated rings. The monoisotopic (exact) mass is 709 g/mol. The molecular weight excluding hydrogens is 674 g/mol. The van der Waals surface area contributed by atoms with Gasteiger partial charge in [0.2, 0.25) is 0 Å². The Hall–Kier alpha value is -6.21. The first-order valence-corrected chi connectivity index (χ1v) is 20.4. The fourth-order valence-electron chi connectivity index (χ4n) is 9.41. The van der Waals surface area contributed by atoms with Crippen molar-refractivity contribution in [3.8, 4) is 50.2 Å². The predicted octanol–water partition coefficient (Wildman–Crippen LogP) is 12.0. The van der Waals surface area contributed by atoms with Crippen LogP contribution in [0.1, 0.15) is 25.0 Å². The van der Waals surface area contributed by atoms with Crippen molar-refractivity contribution in [3.05, 3.63) is 193 Å². The van der Waals surface area contributed by atoms with E-state index in [1.807, 2.05) is 36.4 Å². The van der Waals surface area contributed by atoms with Gasteiger partial charge in [-0.1, -0.05) is 166 Å². The van der Waals surface area contributed by atoms with E-state index in [2.05, 4.69) is 164 Å². The summed E-state index contributed by atoms with van der Waals surface area (Å²) in [5.74, 6) is 0. The zero-order valence-electron chi connectivity index (χ0n) is 30.1. The largest absolute Gasteiger partial charge is 0.309 e. The fraction of sp³-hybridized carbons (Fsp3) is 0.0588. The second-order valence-corrected chi connectivity index (χ2v) is 17.9. The van der Waals surface area contributed by atoms with Crippen molar-refractivity contribution in [3.63, 3.8) is 0 Å². The standard InChI is InChI=1S/C51H36NOP/c1-51(2)45-29-23-35(33-13-5-3-6-14-33)31-43(45)44-32-36(24-30-46(44)51)34-21-25-37(26-22-34)52-47-19-11-9-17-39(47)41-27-28-42-40-18-10-12-20-48(40)54(53,50(42)49(41)52)38-15-7-4-8-16-38/h3-32H,1-2H3. The number of benzene rings is 8. The van der Waals surface area contributed by atoms with E-state index in [1.54, 1.807) is 0 Å². The molecule has 2 nitrogen and oxygen atoms in total. The van der Waals surface area contributed by atoms with Gasteiger partial charge >= 0.3 is 0 Å². The number of aromatic nitrogens is 1. The van der Waals surface area contributed by atoms with Gasteiger partial charge in [0, 0.05) is 32.5 Å². The molecule has 0 amide bonds. The number of fused-ring (bicyclic) bond motifs is 10. The number of para-hydroxylation sites is 1. The Balaban J connectivity index is 1.08. The molecule has 1 aliphatic carbocycles. The second kappa shape index (κ2) is 11.4.